The molecule has 0 spiro atoms. The largest absolute Gasteiger partial charge is 0.497 e. The monoisotopic (exact) mass is 263 g/mol. The average molecular weight is 263 g/mol. The first-order valence-electron chi connectivity index (χ1n) is 6.46. The predicted octanol–water partition coefficient (Wildman–Crippen LogP) is 0.689. The summed E-state index contributed by atoms with van der Waals surface area (Å²) in [6.45, 7) is 3.14. The van der Waals surface area contributed by atoms with E-state index >= 15 is 0 Å². The lowest BCUT2D eigenvalue weighted by Crippen LogP contribution is -2.62. The molecule has 5 heteroatoms. The second kappa shape index (κ2) is 5.48. The molecule has 0 saturated carbocycles. The van der Waals surface area contributed by atoms with Crippen molar-refractivity contribution in [2.45, 2.75) is 19.0 Å². The molecule has 0 aromatic heterocycles. The fourth-order valence-electron chi connectivity index (χ4n) is 2.66. The van der Waals surface area contributed by atoms with E-state index in [2.05, 4.69) is 11.8 Å². The molecule has 19 heavy (non-hydrogen) atoms. The zero-order valence-corrected chi connectivity index (χ0v) is 11.7. The van der Waals surface area contributed by atoms with Crippen LogP contribution in [0.5, 0.6) is 5.75 Å². The molecule has 2 atom stereocenters. The minimum Gasteiger partial charge on any atom is -0.497 e. The van der Waals surface area contributed by atoms with Gasteiger partial charge in [-0.05, 0) is 31.2 Å². The van der Waals surface area contributed by atoms with Crippen LogP contribution in [0.15, 0.2) is 24.3 Å². The third kappa shape index (κ3) is 2.51. The number of nitrogens with zero attached hydrogens (tertiary/aromatic N) is 2. The van der Waals surface area contributed by atoms with Crippen molar-refractivity contribution in [3.63, 3.8) is 0 Å². The van der Waals surface area contributed by atoms with Crippen LogP contribution in [0.25, 0.3) is 0 Å². The molecule has 2 unspecified atom stereocenters. The molecule has 1 aliphatic heterocycles. The van der Waals surface area contributed by atoms with Gasteiger partial charge in [-0.2, -0.15) is 0 Å². The van der Waals surface area contributed by atoms with Gasteiger partial charge in [0.25, 0.3) is 0 Å². The summed E-state index contributed by atoms with van der Waals surface area (Å²) in [7, 11) is 3.46. The van der Waals surface area contributed by atoms with Crippen molar-refractivity contribution in [3.05, 3.63) is 24.3 Å². The molecule has 1 aromatic rings. The second-order valence-corrected chi connectivity index (χ2v) is 4.92. The van der Waals surface area contributed by atoms with Gasteiger partial charge in [-0.25, -0.2) is 0 Å². The van der Waals surface area contributed by atoms with E-state index < -0.39 is 0 Å². The van der Waals surface area contributed by atoms with Gasteiger partial charge >= 0.3 is 0 Å². The first-order valence-corrected chi connectivity index (χ1v) is 6.46. The SMILES string of the molecule is COc1ccc(N2C(C)CN(C)C(=O)C2CN)cc1. The van der Waals surface area contributed by atoms with Crippen LogP contribution in [0, 0.1) is 0 Å². The maximum Gasteiger partial charge on any atom is 0.246 e. The molecule has 0 aliphatic carbocycles. The van der Waals surface area contributed by atoms with E-state index in [4.69, 9.17) is 10.5 Å². The zero-order chi connectivity index (χ0) is 14.0. The highest BCUT2D eigenvalue weighted by Gasteiger charge is 2.36. The Hall–Kier alpha value is -1.75. The third-order valence-corrected chi connectivity index (χ3v) is 3.60. The molecular weight excluding hydrogens is 242 g/mol. The number of methoxy groups -OCH3 is 1. The summed E-state index contributed by atoms with van der Waals surface area (Å²) in [5, 5.41) is 0. The molecule has 1 fully saturated rings. The lowest BCUT2D eigenvalue weighted by molar-refractivity contribution is -0.133. The van der Waals surface area contributed by atoms with E-state index in [0.717, 1.165) is 11.4 Å². The Kier molecular flexibility index (Phi) is 3.95. The molecule has 5 nitrogen and oxygen atoms in total. The smallest absolute Gasteiger partial charge is 0.246 e. The summed E-state index contributed by atoms with van der Waals surface area (Å²) >= 11 is 0. The maximum atomic E-state index is 12.2. The Morgan fingerprint density at radius 1 is 1.37 bits per heavy atom. The van der Waals surface area contributed by atoms with Gasteiger partial charge < -0.3 is 20.3 Å². The van der Waals surface area contributed by atoms with Crippen LogP contribution in [-0.2, 0) is 4.79 Å². The summed E-state index contributed by atoms with van der Waals surface area (Å²) in [6.07, 6.45) is 0. The van der Waals surface area contributed by atoms with Crippen LogP contribution >= 0.6 is 0 Å². The maximum absolute atomic E-state index is 12.2. The van der Waals surface area contributed by atoms with Gasteiger partial charge in [0.1, 0.15) is 11.8 Å². The minimum atomic E-state index is -0.290. The minimum absolute atomic E-state index is 0.0800. The van der Waals surface area contributed by atoms with Gasteiger partial charge in [0.2, 0.25) is 5.91 Å². The number of likely N-dealkylation sites (N-methyl/N-ethyl adjacent to an activating group) is 1. The number of carbonyl (C=O) groups is 1. The Labute approximate surface area is 113 Å². The molecule has 0 radical (unpaired) electrons. The Morgan fingerprint density at radius 2 is 2.00 bits per heavy atom. The van der Waals surface area contributed by atoms with Crippen molar-refractivity contribution in [1.29, 1.82) is 0 Å². The van der Waals surface area contributed by atoms with Crippen molar-refractivity contribution in [3.8, 4) is 5.75 Å². The molecule has 1 heterocycles. The predicted molar refractivity (Wildman–Crippen MR) is 75.4 cm³/mol. The van der Waals surface area contributed by atoms with Crippen LogP contribution in [0.4, 0.5) is 5.69 Å². The normalized spacial score (nSPS) is 23.7. The number of anilines is 1. The number of hydrogen-bond donors (Lipinski definition) is 1. The topological polar surface area (TPSA) is 58.8 Å². The van der Waals surface area contributed by atoms with Crippen molar-refractivity contribution in [2.75, 3.05) is 32.1 Å². The quantitative estimate of drug-likeness (QED) is 0.871. The summed E-state index contributed by atoms with van der Waals surface area (Å²) in [4.78, 5) is 16.0. The van der Waals surface area contributed by atoms with E-state index in [1.807, 2.05) is 31.3 Å². The third-order valence-electron chi connectivity index (χ3n) is 3.60. The summed E-state index contributed by atoms with van der Waals surface area (Å²) in [6, 6.07) is 7.69. The van der Waals surface area contributed by atoms with Gasteiger partial charge in [0.05, 0.1) is 7.11 Å². The molecule has 0 bridgehead atoms. The highest BCUT2D eigenvalue weighted by atomic mass is 16.5. The molecule has 104 valence electrons. The average Bonchev–Trinajstić information content (AvgIpc) is 2.42. The zero-order valence-electron chi connectivity index (χ0n) is 11.7. The number of carbonyl (C=O) groups excluding carboxylic acids is 1. The van der Waals surface area contributed by atoms with Crippen molar-refractivity contribution in [2.24, 2.45) is 5.73 Å². The molecule has 1 saturated heterocycles. The van der Waals surface area contributed by atoms with E-state index in [9.17, 15) is 4.79 Å². The van der Waals surface area contributed by atoms with E-state index in [-0.39, 0.29) is 18.0 Å². The first-order chi connectivity index (χ1) is 9.08. The van der Waals surface area contributed by atoms with Gasteiger partial charge in [0, 0.05) is 31.9 Å². The Morgan fingerprint density at radius 3 is 2.53 bits per heavy atom. The highest BCUT2D eigenvalue weighted by molar-refractivity contribution is 5.87. The molecular formula is C14H21N3O2. The fourth-order valence-corrected chi connectivity index (χ4v) is 2.66. The lowest BCUT2D eigenvalue weighted by atomic mass is 10.0. The van der Waals surface area contributed by atoms with Crippen LogP contribution in [0.3, 0.4) is 0 Å². The van der Waals surface area contributed by atoms with E-state index in [1.165, 1.54) is 0 Å². The Balaban J connectivity index is 2.31. The summed E-state index contributed by atoms with van der Waals surface area (Å²) < 4.78 is 5.16. The van der Waals surface area contributed by atoms with E-state index in [0.29, 0.717) is 13.1 Å². The van der Waals surface area contributed by atoms with E-state index in [1.54, 1.807) is 12.0 Å². The number of ether oxygens (including phenoxy) is 1. The number of piperazine rings is 1. The molecule has 1 amide bonds. The van der Waals surface area contributed by atoms with Crippen LogP contribution in [0.1, 0.15) is 6.92 Å². The van der Waals surface area contributed by atoms with Crippen LogP contribution in [-0.4, -0.2) is 50.1 Å². The van der Waals surface area contributed by atoms with Gasteiger partial charge in [-0.15, -0.1) is 0 Å². The number of nitrogens with two attached hydrogens (primary N) is 1. The van der Waals surface area contributed by atoms with Crippen molar-refractivity contribution in [1.82, 2.24) is 4.90 Å². The number of amides is 1. The standard InChI is InChI=1S/C14H21N3O2/c1-10-9-16(2)14(18)13(8-15)17(10)11-4-6-12(19-3)7-5-11/h4-7,10,13H,8-9,15H2,1-3H3. The molecule has 1 aromatic carbocycles. The molecule has 2 N–H and O–H groups in total. The van der Waals surface area contributed by atoms with Gasteiger partial charge in [-0.1, -0.05) is 0 Å². The van der Waals surface area contributed by atoms with Crippen LogP contribution < -0.4 is 15.4 Å². The second-order valence-electron chi connectivity index (χ2n) is 4.92. The van der Waals surface area contributed by atoms with Gasteiger partial charge in [0.15, 0.2) is 0 Å². The summed E-state index contributed by atoms with van der Waals surface area (Å²) in [5.74, 6) is 0.887. The molecule has 2 rings (SSSR count). The number of benzene rings is 1. The number of hydrogen-bond acceptors (Lipinski definition) is 4. The first kappa shape index (κ1) is 13.7. The van der Waals surface area contributed by atoms with Gasteiger partial charge in [-0.3, -0.25) is 4.79 Å². The van der Waals surface area contributed by atoms with Crippen molar-refractivity contribution >= 4 is 11.6 Å². The lowest BCUT2D eigenvalue weighted by Gasteiger charge is -2.44. The molecule has 1 aliphatic rings. The highest BCUT2D eigenvalue weighted by Crippen LogP contribution is 2.26. The van der Waals surface area contributed by atoms with Crippen molar-refractivity contribution < 1.29 is 9.53 Å². The number of rotatable bonds is 3. The Bertz CT molecular complexity index is 447. The fraction of sp³-hybridized carbons (Fsp3) is 0.500. The van der Waals surface area contributed by atoms with Crippen LogP contribution in [0.2, 0.25) is 0 Å². The summed E-state index contributed by atoms with van der Waals surface area (Å²) in [5.41, 5.74) is 6.79.